The van der Waals surface area contributed by atoms with E-state index < -0.39 is 0 Å². The molecule has 0 amide bonds. The number of para-hydroxylation sites is 2. The summed E-state index contributed by atoms with van der Waals surface area (Å²) in [7, 11) is 0. The van der Waals surface area contributed by atoms with E-state index in [1.807, 2.05) is 0 Å². The third-order valence-electron chi connectivity index (χ3n) is 21.3. The highest BCUT2D eigenvalue weighted by molar-refractivity contribution is 5.91. The van der Waals surface area contributed by atoms with E-state index in [2.05, 4.69) is 344 Å². The first-order valence-electron chi connectivity index (χ1n) is 34.8. The maximum Gasteiger partial charge on any atom is 0.0468 e. The number of anilines is 6. The second-order valence-electron chi connectivity index (χ2n) is 27.7. The lowest BCUT2D eigenvalue weighted by atomic mass is 9.63. The van der Waals surface area contributed by atoms with Crippen LogP contribution in [0.25, 0.3) is 54.9 Å². The maximum absolute atomic E-state index is 2.70. The minimum absolute atomic E-state index is 0.119. The molecule has 93 heavy (non-hydrogen) atoms. The molecule has 1 aliphatic carbocycles. The van der Waals surface area contributed by atoms with Gasteiger partial charge in [0.25, 0.3) is 0 Å². The predicted octanol–water partition coefficient (Wildman–Crippen LogP) is 26.4. The molecule has 0 heterocycles. The molecule has 0 spiro atoms. The highest BCUT2D eigenvalue weighted by atomic mass is 15.1. The number of benzene rings is 12. The van der Waals surface area contributed by atoms with Gasteiger partial charge in [0.2, 0.25) is 0 Å². The quantitative estimate of drug-likeness (QED) is 0.0595. The van der Waals surface area contributed by atoms with Crippen molar-refractivity contribution in [2.24, 2.45) is 11.8 Å². The van der Waals surface area contributed by atoms with E-state index in [1.54, 1.807) is 11.1 Å². The first-order valence-corrected chi connectivity index (χ1v) is 34.8. The van der Waals surface area contributed by atoms with Crippen LogP contribution in [-0.2, 0) is 16.2 Å². The third kappa shape index (κ3) is 12.6. The van der Waals surface area contributed by atoms with Crippen LogP contribution in [0.15, 0.2) is 279 Å². The van der Waals surface area contributed by atoms with Crippen molar-refractivity contribution in [3.8, 4) is 33.4 Å². The summed E-state index contributed by atoms with van der Waals surface area (Å²) in [5.74, 6) is 1.26. The second kappa shape index (κ2) is 27.1. The molecular formula is C91H92N2. The molecule has 2 atom stereocenters. The van der Waals surface area contributed by atoms with Gasteiger partial charge in [-0.25, -0.2) is 0 Å². The minimum Gasteiger partial charge on any atom is -0.310 e. The fraction of sp³-hybridized carbons (Fsp3) is 0.253. The Hall–Kier alpha value is -9.24. The Kier molecular flexibility index (Phi) is 18.3. The number of fused-ring (bicyclic) bond motifs is 5. The average molecular weight is 1210 g/mol. The normalized spacial score (nSPS) is 13.4. The number of hydrogen-bond donors (Lipinski definition) is 0. The predicted molar refractivity (Wildman–Crippen MR) is 401 cm³/mol. The summed E-state index contributed by atoms with van der Waals surface area (Å²) < 4.78 is 0. The molecule has 2 heteroatoms. The molecular weight excluding hydrogens is 1120 g/mol. The molecule has 0 N–H and O–H groups in total. The summed E-state index contributed by atoms with van der Waals surface area (Å²) in [6.45, 7) is 19.5. The lowest BCUT2D eigenvalue weighted by molar-refractivity contribution is 0.265. The smallest absolute Gasteiger partial charge is 0.0468 e. The standard InChI is InChI=1S/C91H92N2/c1-9-13-25-65(11-3)63-91(64-66(12-4)26-14-10-2)87-61-77(89(5,6)75-45-35-69(36-46-75)71-39-51-81(52-40-71)92(79-31-17-15-18-32-79)83-55-43-67-27-21-23-29-73(67)59-83)49-57-85(87)86-58-50-78(62-88(86)91)90(7,8)76-47-37-70(38-48-76)72-41-53-82(54-42-72)93(80-33-19-16-20-34-80)84-56-44-68-28-22-24-30-74(68)60-84/h15-24,27-62,65-66H,9-14,25-26,63-64H2,1-8H3. The fourth-order valence-electron chi connectivity index (χ4n) is 15.4. The first-order chi connectivity index (χ1) is 45.4. The van der Waals surface area contributed by atoms with Gasteiger partial charge in [-0.15, -0.1) is 0 Å². The Morgan fingerprint density at radius 1 is 0.301 bits per heavy atom. The molecule has 0 aliphatic heterocycles. The first kappa shape index (κ1) is 62.6. The molecule has 1 aliphatic rings. The molecule has 0 saturated carbocycles. The van der Waals surface area contributed by atoms with Crippen LogP contribution < -0.4 is 9.80 Å². The van der Waals surface area contributed by atoms with E-state index in [1.165, 1.54) is 141 Å². The summed E-state index contributed by atoms with van der Waals surface area (Å²) in [6.07, 6.45) is 12.3. The van der Waals surface area contributed by atoms with Crippen LogP contribution in [0.1, 0.15) is 153 Å². The summed E-state index contributed by atoms with van der Waals surface area (Å²) >= 11 is 0. The van der Waals surface area contributed by atoms with Gasteiger partial charge in [0.05, 0.1) is 0 Å². The lowest BCUT2D eigenvalue weighted by Gasteiger charge is -2.40. The summed E-state index contributed by atoms with van der Waals surface area (Å²) in [5.41, 5.74) is 22.5. The molecule has 2 nitrogen and oxygen atoms in total. The van der Waals surface area contributed by atoms with E-state index in [4.69, 9.17) is 0 Å². The highest BCUT2D eigenvalue weighted by Crippen LogP contribution is 2.58. The van der Waals surface area contributed by atoms with Crippen molar-refractivity contribution in [1.82, 2.24) is 0 Å². The number of unbranched alkanes of at least 4 members (excludes halogenated alkanes) is 2. The Balaban J connectivity index is 0.812. The SMILES string of the molecule is CCCCC(CC)CC1(CC(CC)CCCC)c2cc(C(C)(C)c3ccc(-c4ccc(N(c5ccccc5)c5ccc6ccccc6c5)cc4)cc3)ccc2-c2ccc(C(C)(C)c3ccc(-c4ccc(N(c5ccccc5)c5ccc6ccccc6c5)cc4)cc3)cc21. The van der Waals surface area contributed by atoms with Crippen LogP contribution in [0, 0.1) is 11.8 Å². The molecule has 0 fully saturated rings. The van der Waals surface area contributed by atoms with Gasteiger partial charge in [-0.1, -0.05) is 313 Å². The van der Waals surface area contributed by atoms with Crippen molar-refractivity contribution in [3.05, 3.63) is 312 Å². The Morgan fingerprint density at radius 2 is 0.613 bits per heavy atom. The maximum atomic E-state index is 2.70. The molecule has 0 saturated heterocycles. The van der Waals surface area contributed by atoms with Gasteiger partial charge in [-0.05, 0) is 186 Å². The van der Waals surface area contributed by atoms with Gasteiger partial charge < -0.3 is 9.80 Å². The van der Waals surface area contributed by atoms with Gasteiger partial charge in [-0.2, -0.15) is 0 Å². The second-order valence-corrected chi connectivity index (χ2v) is 27.7. The molecule has 2 unspecified atom stereocenters. The van der Waals surface area contributed by atoms with Gasteiger partial charge in [0, 0.05) is 50.4 Å². The summed E-state index contributed by atoms with van der Waals surface area (Å²) in [4.78, 5) is 4.72. The molecule has 0 aromatic heterocycles. The van der Waals surface area contributed by atoms with Crippen molar-refractivity contribution < 1.29 is 0 Å². The zero-order valence-electron chi connectivity index (χ0n) is 56.2. The minimum atomic E-state index is -0.242. The van der Waals surface area contributed by atoms with Crippen LogP contribution >= 0.6 is 0 Å². The Labute approximate surface area is 555 Å². The van der Waals surface area contributed by atoms with E-state index >= 15 is 0 Å². The van der Waals surface area contributed by atoms with Gasteiger partial charge in [-0.3, -0.25) is 0 Å². The van der Waals surface area contributed by atoms with Crippen LogP contribution in [-0.4, -0.2) is 0 Å². The molecule has 12 aromatic rings. The highest BCUT2D eigenvalue weighted by Gasteiger charge is 2.47. The van der Waals surface area contributed by atoms with Crippen LogP contribution in [0.5, 0.6) is 0 Å². The van der Waals surface area contributed by atoms with Gasteiger partial charge in [0.1, 0.15) is 0 Å². The molecule has 0 bridgehead atoms. The zero-order valence-corrected chi connectivity index (χ0v) is 56.2. The fourth-order valence-corrected chi connectivity index (χ4v) is 15.4. The summed E-state index contributed by atoms with van der Waals surface area (Å²) in [5, 5.41) is 4.95. The van der Waals surface area contributed by atoms with Crippen LogP contribution in [0.3, 0.4) is 0 Å². The molecule has 0 radical (unpaired) electrons. The van der Waals surface area contributed by atoms with Gasteiger partial charge >= 0.3 is 0 Å². The number of hydrogen-bond acceptors (Lipinski definition) is 2. The van der Waals surface area contributed by atoms with Crippen molar-refractivity contribution >= 4 is 55.7 Å². The van der Waals surface area contributed by atoms with Crippen molar-refractivity contribution in [2.45, 2.75) is 136 Å². The van der Waals surface area contributed by atoms with Crippen molar-refractivity contribution in [3.63, 3.8) is 0 Å². The van der Waals surface area contributed by atoms with Crippen molar-refractivity contribution in [1.29, 1.82) is 0 Å². The van der Waals surface area contributed by atoms with Gasteiger partial charge in [0.15, 0.2) is 0 Å². The summed E-state index contributed by atoms with van der Waals surface area (Å²) in [6, 6.07) is 105. The monoisotopic (exact) mass is 1210 g/mol. The molecule has 466 valence electrons. The molecule has 13 rings (SSSR count). The Morgan fingerprint density at radius 3 is 0.968 bits per heavy atom. The topological polar surface area (TPSA) is 6.48 Å². The Bertz CT molecular complexity index is 4190. The van der Waals surface area contributed by atoms with Crippen molar-refractivity contribution in [2.75, 3.05) is 9.80 Å². The van der Waals surface area contributed by atoms with Crippen LogP contribution in [0.4, 0.5) is 34.1 Å². The van der Waals surface area contributed by atoms with Crippen LogP contribution in [0.2, 0.25) is 0 Å². The van der Waals surface area contributed by atoms with E-state index in [-0.39, 0.29) is 16.2 Å². The average Bonchev–Trinajstić information content (AvgIpc) is 1.56. The van der Waals surface area contributed by atoms with E-state index in [9.17, 15) is 0 Å². The third-order valence-corrected chi connectivity index (χ3v) is 21.3. The number of rotatable bonds is 24. The van der Waals surface area contributed by atoms with E-state index in [0.717, 1.165) is 34.1 Å². The largest absolute Gasteiger partial charge is 0.310 e. The zero-order chi connectivity index (χ0) is 64.1. The number of nitrogens with zero attached hydrogens (tertiary/aromatic N) is 2. The van der Waals surface area contributed by atoms with E-state index in [0.29, 0.717) is 11.8 Å². The molecule has 12 aromatic carbocycles. The lowest BCUT2D eigenvalue weighted by Crippen LogP contribution is -2.32.